The van der Waals surface area contributed by atoms with Gasteiger partial charge in [0, 0.05) is 43.6 Å². The van der Waals surface area contributed by atoms with Crippen molar-refractivity contribution in [1.82, 2.24) is 4.90 Å². The Kier molecular flexibility index (Phi) is 4.18. The summed E-state index contributed by atoms with van der Waals surface area (Å²) in [5, 5.41) is 10.7. The lowest BCUT2D eigenvalue weighted by Crippen LogP contribution is -3.17. The Morgan fingerprint density at radius 2 is 1.96 bits per heavy atom. The van der Waals surface area contributed by atoms with Crippen LogP contribution in [0.4, 0.5) is 0 Å². The van der Waals surface area contributed by atoms with E-state index < -0.39 is 0 Å². The van der Waals surface area contributed by atoms with Crippen LogP contribution in [0.3, 0.4) is 0 Å². The zero-order chi connectivity index (χ0) is 17.7. The van der Waals surface area contributed by atoms with E-state index in [2.05, 4.69) is 17.9 Å². The van der Waals surface area contributed by atoms with Crippen LogP contribution in [0.5, 0.6) is 0 Å². The van der Waals surface area contributed by atoms with E-state index in [0.29, 0.717) is 6.04 Å². The van der Waals surface area contributed by atoms with Crippen LogP contribution in [0.1, 0.15) is 32.6 Å². The third-order valence-corrected chi connectivity index (χ3v) is 6.70. The van der Waals surface area contributed by atoms with Crippen molar-refractivity contribution in [1.29, 1.82) is 0 Å². The quantitative estimate of drug-likeness (QED) is 0.786. The molecule has 2 unspecified atom stereocenters. The highest BCUT2D eigenvalue weighted by Crippen LogP contribution is 2.42. The molecule has 0 saturated carbocycles. The second-order valence-corrected chi connectivity index (χ2v) is 8.18. The summed E-state index contributed by atoms with van der Waals surface area (Å²) in [6, 6.07) is 0.498. The largest absolute Gasteiger partial charge is 0.480 e. The molecule has 5 nitrogen and oxygen atoms in total. The number of ether oxygens (including phenoxy) is 2. The first kappa shape index (κ1) is 16.6. The average molecular weight is 357 g/mol. The summed E-state index contributed by atoms with van der Waals surface area (Å²) in [6.07, 6.45) is 7.20. The first-order valence-electron chi connectivity index (χ1n) is 10.1. The minimum atomic E-state index is 0.111. The van der Waals surface area contributed by atoms with E-state index in [1.165, 1.54) is 49.1 Å². The van der Waals surface area contributed by atoms with Crippen LogP contribution in [0.2, 0.25) is 0 Å². The lowest BCUT2D eigenvalue weighted by molar-refractivity contribution is -0.922. The molecule has 140 valence electrons. The smallest absolute Gasteiger partial charge is 0.287 e. The van der Waals surface area contributed by atoms with Gasteiger partial charge in [0.15, 0.2) is 0 Å². The van der Waals surface area contributed by atoms with Gasteiger partial charge < -0.3 is 19.5 Å². The number of nitrogens with zero attached hydrogens (tertiary/aromatic N) is 1. The summed E-state index contributed by atoms with van der Waals surface area (Å²) in [7, 11) is 0. The minimum absolute atomic E-state index is 0.111. The highest BCUT2D eigenvalue weighted by molar-refractivity contribution is 5.58. The van der Waals surface area contributed by atoms with Gasteiger partial charge in [-0.25, -0.2) is 0 Å². The Labute approximate surface area is 155 Å². The number of piperidine rings is 2. The Bertz CT molecular complexity index is 738. The first-order valence-corrected chi connectivity index (χ1v) is 10.1. The second-order valence-electron chi connectivity index (χ2n) is 8.18. The molecule has 5 aliphatic rings. The van der Waals surface area contributed by atoms with E-state index in [1.807, 2.05) is 0 Å². The van der Waals surface area contributed by atoms with Gasteiger partial charge in [-0.05, 0) is 37.0 Å². The van der Waals surface area contributed by atoms with Crippen LogP contribution >= 0.6 is 0 Å². The molecule has 2 N–H and O–H groups in total. The number of hydrogen-bond donors (Lipinski definition) is 2. The van der Waals surface area contributed by atoms with Gasteiger partial charge >= 0.3 is 0 Å². The molecule has 0 aromatic rings. The Morgan fingerprint density at radius 1 is 1.19 bits per heavy atom. The summed E-state index contributed by atoms with van der Waals surface area (Å²) in [5.74, 6) is 1.07. The van der Waals surface area contributed by atoms with E-state index in [0.717, 1.165) is 50.6 Å². The van der Waals surface area contributed by atoms with Crippen molar-refractivity contribution in [3.63, 3.8) is 0 Å². The number of morpholine rings is 1. The molecule has 0 bridgehead atoms. The van der Waals surface area contributed by atoms with Crippen molar-refractivity contribution in [2.45, 2.75) is 38.6 Å². The Hall–Kier alpha value is -1.56. The van der Waals surface area contributed by atoms with Crippen molar-refractivity contribution < 1.29 is 19.5 Å². The van der Waals surface area contributed by atoms with Crippen LogP contribution in [0.25, 0.3) is 0 Å². The van der Waals surface area contributed by atoms with Crippen LogP contribution in [-0.2, 0) is 9.47 Å². The van der Waals surface area contributed by atoms with Crippen LogP contribution in [0, 0.1) is 0 Å². The van der Waals surface area contributed by atoms with Crippen molar-refractivity contribution in [3.05, 3.63) is 45.6 Å². The molecular formula is C21H29N2O3+. The van der Waals surface area contributed by atoms with Crippen molar-refractivity contribution in [2.75, 3.05) is 45.9 Å². The molecule has 3 saturated heterocycles. The summed E-state index contributed by atoms with van der Waals surface area (Å²) >= 11 is 0. The first-order chi connectivity index (χ1) is 12.7. The lowest BCUT2D eigenvalue weighted by atomic mass is 9.77. The number of hydrogen-bond acceptors (Lipinski definition) is 4. The van der Waals surface area contributed by atoms with Gasteiger partial charge in [-0.2, -0.15) is 0 Å². The van der Waals surface area contributed by atoms with E-state index in [-0.39, 0.29) is 5.95 Å². The maximum atomic E-state index is 10.7. The summed E-state index contributed by atoms with van der Waals surface area (Å²) in [5.41, 5.74) is 6.35. The molecule has 4 heterocycles. The molecule has 5 rings (SSSR count). The van der Waals surface area contributed by atoms with Gasteiger partial charge in [0.2, 0.25) is 0 Å². The molecule has 0 radical (unpaired) electrons. The van der Waals surface area contributed by atoms with Gasteiger partial charge in [-0.15, -0.1) is 0 Å². The molecule has 0 aromatic carbocycles. The molecule has 4 aliphatic heterocycles. The minimum Gasteiger partial charge on any atom is -0.480 e. The molecule has 1 aliphatic carbocycles. The molecule has 26 heavy (non-hydrogen) atoms. The number of nitrogens with one attached hydrogen (secondary N) is 1. The van der Waals surface area contributed by atoms with Crippen LogP contribution < -0.4 is 4.90 Å². The molecular weight excluding hydrogens is 328 g/mol. The fraction of sp³-hybridized carbons (Fsp3) is 0.619. The van der Waals surface area contributed by atoms with Crippen LogP contribution in [-0.4, -0.2) is 62.0 Å². The van der Waals surface area contributed by atoms with Gasteiger partial charge in [0.25, 0.3) is 5.95 Å². The number of aliphatic hydroxyl groups is 1. The number of allylic oxidation sites excluding steroid dienone is 1. The van der Waals surface area contributed by atoms with Crippen molar-refractivity contribution >= 4 is 0 Å². The normalized spacial score (nSPS) is 32.1. The van der Waals surface area contributed by atoms with E-state index >= 15 is 0 Å². The number of quaternary nitrogens is 1. The number of aliphatic hydroxyl groups excluding tert-OH is 1. The summed E-state index contributed by atoms with van der Waals surface area (Å²) < 4.78 is 11.5. The fourth-order valence-corrected chi connectivity index (χ4v) is 5.33. The summed E-state index contributed by atoms with van der Waals surface area (Å²) in [6.45, 7) is 8.77. The second kappa shape index (κ2) is 6.55. The monoisotopic (exact) mass is 357 g/mol. The topological polar surface area (TPSA) is 46.4 Å². The van der Waals surface area contributed by atoms with Gasteiger partial charge in [0.1, 0.15) is 11.8 Å². The van der Waals surface area contributed by atoms with Crippen LogP contribution in [0.15, 0.2) is 45.6 Å². The zero-order valence-electron chi connectivity index (χ0n) is 15.6. The molecule has 5 heteroatoms. The highest BCUT2D eigenvalue weighted by atomic mass is 16.6. The highest BCUT2D eigenvalue weighted by Gasteiger charge is 2.43. The van der Waals surface area contributed by atoms with Gasteiger partial charge in [-0.3, -0.25) is 4.90 Å². The van der Waals surface area contributed by atoms with Crippen molar-refractivity contribution in [2.24, 2.45) is 0 Å². The molecule has 0 amide bonds. The fourth-order valence-electron chi connectivity index (χ4n) is 5.33. The third kappa shape index (κ3) is 2.65. The maximum absolute atomic E-state index is 10.7. The molecule has 3 fully saturated rings. The Morgan fingerprint density at radius 3 is 2.77 bits per heavy atom. The van der Waals surface area contributed by atoms with E-state index in [9.17, 15) is 5.11 Å². The lowest BCUT2D eigenvalue weighted by Gasteiger charge is -2.43. The standard InChI is InChI=1S/C21H28N2O3/c1-14-17-12-15-4-2-6-23-7-3-5-16(19(15)23)20(17)26-21(24)18(14)13-22-8-10-25-11-9-22/h12,19,24H,2-11,13H2,1H3/p+1. The SMILES string of the molecule is CC1=C2C=C3CCC[NH+]4CCCC(=C2OC(O)=C1CN1CCOCC1)C34. The maximum Gasteiger partial charge on any atom is 0.287 e. The van der Waals surface area contributed by atoms with E-state index in [1.54, 1.807) is 10.5 Å². The summed E-state index contributed by atoms with van der Waals surface area (Å²) in [4.78, 5) is 4.03. The molecule has 0 aromatic heterocycles. The van der Waals surface area contributed by atoms with Gasteiger partial charge in [0.05, 0.1) is 31.9 Å². The third-order valence-electron chi connectivity index (χ3n) is 6.70. The van der Waals surface area contributed by atoms with Crippen molar-refractivity contribution in [3.8, 4) is 0 Å². The molecule has 2 atom stereocenters. The molecule has 0 spiro atoms. The van der Waals surface area contributed by atoms with Gasteiger partial charge in [-0.1, -0.05) is 0 Å². The predicted octanol–water partition coefficient (Wildman–Crippen LogP) is 1.47. The number of fused-ring (bicyclic) bond motifs is 1. The Balaban J connectivity index is 1.52. The average Bonchev–Trinajstić information content (AvgIpc) is 2.67. The number of rotatable bonds is 2. The predicted molar refractivity (Wildman–Crippen MR) is 98.8 cm³/mol. The zero-order valence-corrected chi connectivity index (χ0v) is 15.6. The van der Waals surface area contributed by atoms with E-state index in [4.69, 9.17) is 9.47 Å².